The van der Waals surface area contributed by atoms with Crippen molar-refractivity contribution in [1.29, 1.82) is 0 Å². The molecule has 136 valence electrons. The maximum absolute atomic E-state index is 4.69. The third kappa shape index (κ3) is 6.21. The van der Waals surface area contributed by atoms with Gasteiger partial charge in [0.2, 0.25) is 0 Å². The van der Waals surface area contributed by atoms with Gasteiger partial charge in [0.1, 0.15) is 12.2 Å². The predicted octanol–water partition coefficient (Wildman–Crippen LogP) is 2.59. The van der Waals surface area contributed by atoms with Crippen molar-refractivity contribution in [3.63, 3.8) is 0 Å². The monoisotopic (exact) mass is 342 g/mol. The molecule has 1 heterocycles. The van der Waals surface area contributed by atoms with Crippen LogP contribution in [0.15, 0.2) is 41.7 Å². The molecule has 0 aliphatic carbocycles. The highest BCUT2D eigenvalue weighted by atomic mass is 15.3. The summed E-state index contributed by atoms with van der Waals surface area (Å²) < 4.78 is 2.08. The van der Waals surface area contributed by atoms with Crippen molar-refractivity contribution in [2.75, 3.05) is 19.6 Å². The van der Waals surface area contributed by atoms with Gasteiger partial charge in [0.25, 0.3) is 0 Å². The van der Waals surface area contributed by atoms with Gasteiger partial charge in [0, 0.05) is 32.6 Å². The molecule has 6 nitrogen and oxygen atoms in total. The van der Waals surface area contributed by atoms with E-state index < -0.39 is 0 Å². The number of hydrogen-bond acceptors (Lipinski definition) is 3. The van der Waals surface area contributed by atoms with Crippen LogP contribution in [-0.2, 0) is 13.0 Å². The number of nitrogens with one attached hydrogen (secondary N) is 2. The lowest BCUT2D eigenvalue weighted by Gasteiger charge is -2.13. The lowest BCUT2D eigenvalue weighted by molar-refractivity contribution is 0.630. The van der Waals surface area contributed by atoms with E-state index in [1.54, 1.807) is 6.33 Å². The van der Waals surface area contributed by atoms with Gasteiger partial charge in [-0.25, -0.2) is 0 Å². The van der Waals surface area contributed by atoms with E-state index in [9.17, 15) is 0 Å². The summed E-state index contributed by atoms with van der Waals surface area (Å²) in [5.74, 6) is 2.39. The topological polar surface area (TPSA) is 67.1 Å². The summed E-state index contributed by atoms with van der Waals surface area (Å²) in [5, 5.41) is 14.8. The molecule has 1 aromatic carbocycles. The minimum absolute atomic E-state index is 0.511. The molecule has 0 spiro atoms. The fourth-order valence-corrected chi connectivity index (χ4v) is 2.69. The van der Waals surface area contributed by atoms with Crippen LogP contribution < -0.4 is 10.6 Å². The van der Waals surface area contributed by atoms with E-state index in [-0.39, 0.29) is 0 Å². The number of aliphatic imine (C=N–C) groups is 1. The highest BCUT2D eigenvalue weighted by Gasteiger charge is 2.05. The standard InChI is InChI=1S/C19H30N6/c1-4-18-24-23-15-25(18)14-13-22-19(20-5-2)21-12-11-16(3)17-9-7-6-8-10-17/h6-10,15-16H,4-5,11-14H2,1-3H3,(H2,20,21,22). The van der Waals surface area contributed by atoms with Gasteiger partial charge in [0.15, 0.2) is 5.96 Å². The van der Waals surface area contributed by atoms with E-state index in [0.717, 1.165) is 50.8 Å². The Labute approximate surface area is 150 Å². The third-order valence-electron chi connectivity index (χ3n) is 4.20. The number of aryl methyl sites for hydroxylation is 1. The van der Waals surface area contributed by atoms with Crippen molar-refractivity contribution in [3.8, 4) is 0 Å². The molecule has 0 fully saturated rings. The maximum Gasteiger partial charge on any atom is 0.191 e. The zero-order valence-electron chi connectivity index (χ0n) is 15.6. The average Bonchev–Trinajstić information content (AvgIpc) is 3.10. The summed E-state index contributed by atoms with van der Waals surface area (Å²) in [6.07, 6.45) is 3.71. The minimum Gasteiger partial charge on any atom is -0.357 e. The summed E-state index contributed by atoms with van der Waals surface area (Å²) in [7, 11) is 0. The van der Waals surface area contributed by atoms with Gasteiger partial charge in [-0.1, -0.05) is 44.2 Å². The second kappa shape index (κ2) is 10.5. The smallest absolute Gasteiger partial charge is 0.191 e. The second-order valence-corrected chi connectivity index (χ2v) is 6.08. The Hall–Kier alpha value is -2.37. The molecule has 2 rings (SSSR count). The normalized spacial score (nSPS) is 12.8. The average molecular weight is 342 g/mol. The molecule has 0 saturated heterocycles. The highest BCUT2D eigenvalue weighted by Crippen LogP contribution is 2.17. The first-order valence-electron chi connectivity index (χ1n) is 9.18. The first-order valence-corrected chi connectivity index (χ1v) is 9.18. The molecule has 1 aromatic heterocycles. The molecule has 0 aliphatic rings. The van der Waals surface area contributed by atoms with Crippen LogP contribution in [0, 0.1) is 0 Å². The Morgan fingerprint density at radius 3 is 2.72 bits per heavy atom. The Morgan fingerprint density at radius 1 is 1.20 bits per heavy atom. The Kier molecular flexibility index (Phi) is 7.95. The van der Waals surface area contributed by atoms with Crippen molar-refractivity contribution in [2.24, 2.45) is 4.99 Å². The highest BCUT2D eigenvalue weighted by molar-refractivity contribution is 5.79. The van der Waals surface area contributed by atoms with Gasteiger partial charge in [0.05, 0.1) is 0 Å². The van der Waals surface area contributed by atoms with E-state index in [4.69, 9.17) is 4.99 Å². The lowest BCUT2D eigenvalue weighted by Crippen LogP contribution is -2.39. The molecular weight excluding hydrogens is 312 g/mol. The maximum atomic E-state index is 4.69. The molecule has 0 saturated carbocycles. The van der Waals surface area contributed by atoms with Crippen LogP contribution in [0.5, 0.6) is 0 Å². The van der Waals surface area contributed by atoms with Crippen LogP contribution in [0.25, 0.3) is 0 Å². The van der Waals surface area contributed by atoms with Crippen molar-refractivity contribution >= 4 is 5.96 Å². The SMILES string of the molecule is CCNC(=NCCC(C)c1ccccc1)NCCn1cnnc1CC. The molecule has 0 bridgehead atoms. The summed E-state index contributed by atoms with van der Waals surface area (Å²) in [4.78, 5) is 4.69. The van der Waals surface area contributed by atoms with E-state index in [0.29, 0.717) is 5.92 Å². The lowest BCUT2D eigenvalue weighted by atomic mass is 9.98. The molecule has 0 radical (unpaired) electrons. The zero-order chi connectivity index (χ0) is 17.9. The number of hydrogen-bond donors (Lipinski definition) is 2. The van der Waals surface area contributed by atoms with Gasteiger partial charge in [-0.05, 0) is 24.8 Å². The van der Waals surface area contributed by atoms with Crippen molar-refractivity contribution < 1.29 is 0 Å². The fraction of sp³-hybridized carbons (Fsp3) is 0.526. The molecule has 0 aliphatic heterocycles. The number of rotatable bonds is 9. The van der Waals surface area contributed by atoms with Gasteiger partial charge in [-0.2, -0.15) is 0 Å². The van der Waals surface area contributed by atoms with Crippen molar-refractivity contribution in [2.45, 2.75) is 46.1 Å². The number of guanidine groups is 1. The van der Waals surface area contributed by atoms with Gasteiger partial charge < -0.3 is 15.2 Å². The van der Waals surface area contributed by atoms with Crippen LogP contribution in [0.2, 0.25) is 0 Å². The molecule has 0 amide bonds. The Morgan fingerprint density at radius 2 is 2.00 bits per heavy atom. The summed E-state index contributed by atoms with van der Waals surface area (Å²) in [6.45, 7) is 9.72. The molecular formula is C19H30N6. The van der Waals surface area contributed by atoms with E-state index in [2.05, 4.69) is 76.5 Å². The minimum atomic E-state index is 0.511. The van der Waals surface area contributed by atoms with Crippen LogP contribution in [-0.4, -0.2) is 40.4 Å². The number of nitrogens with zero attached hydrogens (tertiary/aromatic N) is 4. The quantitative estimate of drug-likeness (QED) is 0.543. The Balaban J connectivity index is 1.79. The fourth-order valence-electron chi connectivity index (χ4n) is 2.69. The van der Waals surface area contributed by atoms with Crippen LogP contribution in [0.3, 0.4) is 0 Å². The molecule has 1 unspecified atom stereocenters. The predicted molar refractivity (Wildman–Crippen MR) is 103 cm³/mol. The largest absolute Gasteiger partial charge is 0.357 e. The third-order valence-corrected chi connectivity index (χ3v) is 4.20. The number of aromatic nitrogens is 3. The molecule has 25 heavy (non-hydrogen) atoms. The molecule has 2 N–H and O–H groups in total. The molecule has 1 atom stereocenters. The van der Waals surface area contributed by atoms with Crippen LogP contribution >= 0.6 is 0 Å². The van der Waals surface area contributed by atoms with Crippen molar-refractivity contribution in [3.05, 3.63) is 48.0 Å². The second-order valence-electron chi connectivity index (χ2n) is 6.08. The Bertz CT molecular complexity index is 634. The van der Waals surface area contributed by atoms with E-state index in [1.165, 1.54) is 5.56 Å². The summed E-state index contributed by atoms with van der Waals surface area (Å²) in [6, 6.07) is 10.6. The first kappa shape index (κ1) is 19.0. The molecule has 2 aromatic rings. The number of benzene rings is 1. The van der Waals surface area contributed by atoms with Gasteiger partial charge >= 0.3 is 0 Å². The van der Waals surface area contributed by atoms with E-state index in [1.807, 2.05) is 0 Å². The summed E-state index contributed by atoms with van der Waals surface area (Å²) >= 11 is 0. The van der Waals surface area contributed by atoms with Crippen LogP contribution in [0.1, 0.15) is 44.5 Å². The molecule has 6 heteroatoms. The van der Waals surface area contributed by atoms with E-state index >= 15 is 0 Å². The van der Waals surface area contributed by atoms with Gasteiger partial charge in [-0.3, -0.25) is 4.99 Å². The van der Waals surface area contributed by atoms with Crippen molar-refractivity contribution in [1.82, 2.24) is 25.4 Å². The first-order chi connectivity index (χ1) is 12.2. The summed E-state index contributed by atoms with van der Waals surface area (Å²) in [5.41, 5.74) is 1.37. The van der Waals surface area contributed by atoms with Crippen LogP contribution in [0.4, 0.5) is 0 Å². The zero-order valence-corrected chi connectivity index (χ0v) is 15.6. The van der Waals surface area contributed by atoms with Gasteiger partial charge in [-0.15, -0.1) is 10.2 Å².